The summed E-state index contributed by atoms with van der Waals surface area (Å²) in [6.07, 6.45) is 2.00. The van der Waals surface area contributed by atoms with Gasteiger partial charge in [-0.2, -0.15) is 0 Å². The summed E-state index contributed by atoms with van der Waals surface area (Å²) in [6, 6.07) is 8.22. The summed E-state index contributed by atoms with van der Waals surface area (Å²) in [5.74, 6) is 1.05. The molecule has 1 N–H and O–H groups in total. The molecule has 0 aliphatic carbocycles. The van der Waals surface area contributed by atoms with Crippen LogP contribution in [-0.2, 0) is 22.6 Å². The Morgan fingerprint density at radius 1 is 1.15 bits per heavy atom. The van der Waals surface area contributed by atoms with Crippen molar-refractivity contribution in [1.82, 2.24) is 19.8 Å². The first-order valence-electron chi connectivity index (χ1n) is 9.87. The molecule has 1 aromatic heterocycles. The zero-order valence-electron chi connectivity index (χ0n) is 17.2. The SMILES string of the molecule is CCC(=O)NCCCc1nc2ccccc2n1CC(=O)N(C(C)C)C(C)C. The number of para-hydroxylation sites is 2. The number of hydrogen-bond acceptors (Lipinski definition) is 3. The number of rotatable bonds is 9. The Labute approximate surface area is 161 Å². The Kier molecular flexibility index (Phi) is 7.39. The van der Waals surface area contributed by atoms with Gasteiger partial charge in [0.05, 0.1) is 11.0 Å². The summed E-state index contributed by atoms with van der Waals surface area (Å²) in [5.41, 5.74) is 1.88. The molecule has 148 valence electrons. The fraction of sp³-hybridized carbons (Fsp3) is 0.571. The van der Waals surface area contributed by atoms with E-state index >= 15 is 0 Å². The van der Waals surface area contributed by atoms with Crippen LogP contribution in [0.4, 0.5) is 0 Å². The van der Waals surface area contributed by atoms with Crippen LogP contribution in [0.1, 0.15) is 53.3 Å². The molecular formula is C21H32N4O2. The van der Waals surface area contributed by atoms with E-state index in [1.165, 1.54) is 0 Å². The van der Waals surface area contributed by atoms with Crippen LogP contribution in [-0.4, -0.2) is 44.9 Å². The van der Waals surface area contributed by atoms with E-state index in [-0.39, 0.29) is 30.4 Å². The molecule has 0 radical (unpaired) electrons. The number of nitrogens with one attached hydrogen (secondary N) is 1. The molecule has 0 unspecified atom stereocenters. The maximum absolute atomic E-state index is 13.0. The molecule has 6 nitrogen and oxygen atoms in total. The molecule has 27 heavy (non-hydrogen) atoms. The fourth-order valence-electron chi connectivity index (χ4n) is 3.48. The zero-order chi connectivity index (χ0) is 20.0. The van der Waals surface area contributed by atoms with Crippen molar-refractivity contribution < 1.29 is 9.59 Å². The van der Waals surface area contributed by atoms with Crippen LogP contribution in [0.5, 0.6) is 0 Å². The molecular weight excluding hydrogens is 340 g/mol. The van der Waals surface area contributed by atoms with Gasteiger partial charge in [-0.1, -0.05) is 19.1 Å². The summed E-state index contributed by atoms with van der Waals surface area (Å²) in [5, 5.41) is 2.89. The van der Waals surface area contributed by atoms with Crippen LogP contribution in [0, 0.1) is 0 Å². The monoisotopic (exact) mass is 372 g/mol. The van der Waals surface area contributed by atoms with Crippen LogP contribution in [0.3, 0.4) is 0 Å². The minimum Gasteiger partial charge on any atom is -0.356 e. The predicted octanol–water partition coefficient (Wildman–Crippen LogP) is 3.14. The highest BCUT2D eigenvalue weighted by Gasteiger charge is 2.22. The second-order valence-corrected chi connectivity index (χ2v) is 7.40. The van der Waals surface area contributed by atoms with Gasteiger partial charge in [-0.15, -0.1) is 0 Å². The van der Waals surface area contributed by atoms with Gasteiger partial charge in [0, 0.05) is 31.5 Å². The van der Waals surface area contributed by atoms with Gasteiger partial charge in [0.25, 0.3) is 0 Å². The number of carbonyl (C=O) groups is 2. The number of benzene rings is 1. The number of fused-ring (bicyclic) bond motifs is 1. The summed E-state index contributed by atoms with van der Waals surface area (Å²) in [7, 11) is 0. The van der Waals surface area contributed by atoms with Crippen LogP contribution in [0.25, 0.3) is 11.0 Å². The van der Waals surface area contributed by atoms with Gasteiger partial charge in [-0.25, -0.2) is 4.98 Å². The molecule has 2 amide bonds. The third-order valence-corrected chi connectivity index (χ3v) is 4.65. The highest BCUT2D eigenvalue weighted by atomic mass is 16.2. The molecule has 0 fully saturated rings. The standard InChI is InChI=1S/C21H32N4O2/c1-6-20(26)22-13-9-12-19-23-17-10-7-8-11-18(17)24(19)14-21(27)25(15(2)3)16(4)5/h7-8,10-11,15-16H,6,9,12-14H2,1-5H3,(H,22,26). The molecule has 6 heteroatoms. The summed E-state index contributed by atoms with van der Waals surface area (Å²) in [6.45, 7) is 10.9. The number of carbonyl (C=O) groups excluding carboxylic acids is 2. The fourth-order valence-corrected chi connectivity index (χ4v) is 3.48. The van der Waals surface area contributed by atoms with Gasteiger partial charge in [0.2, 0.25) is 11.8 Å². The molecule has 0 aliphatic heterocycles. The van der Waals surface area contributed by atoms with Crippen LogP contribution >= 0.6 is 0 Å². The predicted molar refractivity (Wildman–Crippen MR) is 108 cm³/mol. The number of nitrogens with zero attached hydrogens (tertiary/aromatic N) is 3. The van der Waals surface area contributed by atoms with E-state index in [9.17, 15) is 9.59 Å². The van der Waals surface area contributed by atoms with Crippen LogP contribution in [0.2, 0.25) is 0 Å². The molecule has 1 heterocycles. The lowest BCUT2D eigenvalue weighted by Gasteiger charge is -2.31. The van der Waals surface area contributed by atoms with Gasteiger partial charge in [-0.3, -0.25) is 9.59 Å². The van der Waals surface area contributed by atoms with E-state index in [1.807, 2.05) is 68.4 Å². The maximum atomic E-state index is 13.0. The summed E-state index contributed by atoms with van der Waals surface area (Å²) < 4.78 is 2.02. The average Bonchev–Trinajstić information content (AvgIpc) is 2.95. The molecule has 2 aromatic rings. The van der Waals surface area contributed by atoms with Crippen LogP contribution in [0.15, 0.2) is 24.3 Å². The lowest BCUT2D eigenvalue weighted by atomic mass is 10.2. The minimum absolute atomic E-state index is 0.0585. The molecule has 0 saturated carbocycles. The van der Waals surface area contributed by atoms with Crippen molar-refractivity contribution in [3.8, 4) is 0 Å². The minimum atomic E-state index is 0.0585. The average molecular weight is 373 g/mol. The molecule has 0 saturated heterocycles. The normalized spacial score (nSPS) is 11.4. The van der Waals surface area contributed by atoms with Gasteiger partial charge < -0.3 is 14.8 Å². The Morgan fingerprint density at radius 2 is 1.81 bits per heavy atom. The quantitative estimate of drug-likeness (QED) is 0.688. The number of aromatic nitrogens is 2. The second-order valence-electron chi connectivity index (χ2n) is 7.40. The van der Waals surface area contributed by atoms with Crippen molar-refractivity contribution in [2.24, 2.45) is 0 Å². The third kappa shape index (κ3) is 5.31. The van der Waals surface area contributed by atoms with Crippen molar-refractivity contribution in [3.05, 3.63) is 30.1 Å². The van der Waals surface area contributed by atoms with E-state index in [1.54, 1.807) is 0 Å². The second kappa shape index (κ2) is 9.53. The highest BCUT2D eigenvalue weighted by Crippen LogP contribution is 2.18. The molecule has 1 aromatic carbocycles. The van der Waals surface area contributed by atoms with Gasteiger partial charge in [0.1, 0.15) is 12.4 Å². The first kappa shape index (κ1) is 20.9. The Hall–Kier alpha value is -2.37. The summed E-state index contributed by atoms with van der Waals surface area (Å²) in [4.78, 5) is 31.0. The van der Waals surface area contributed by atoms with Crippen molar-refractivity contribution in [3.63, 3.8) is 0 Å². The lowest BCUT2D eigenvalue weighted by molar-refractivity contribution is -0.135. The maximum Gasteiger partial charge on any atom is 0.243 e. The Balaban J connectivity index is 2.20. The highest BCUT2D eigenvalue weighted by molar-refractivity contribution is 5.81. The van der Waals surface area contributed by atoms with Crippen molar-refractivity contribution >= 4 is 22.8 Å². The largest absolute Gasteiger partial charge is 0.356 e. The summed E-state index contributed by atoms with van der Waals surface area (Å²) >= 11 is 0. The smallest absolute Gasteiger partial charge is 0.243 e. The first-order chi connectivity index (χ1) is 12.8. The third-order valence-electron chi connectivity index (χ3n) is 4.65. The molecule has 0 spiro atoms. The number of imidazole rings is 1. The van der Waals surface area contributed by atoms with Crippen molar-refractivity contribution in [1.29, 1.82) is 0 Å². The zero-order valence-corrected chi connectivity index (χ0v) is 17.2. The number of hydrogen-bond donors (Lipinski definition) is 1. The van der Waals surface area contributed by atoms with Crippen LogP contribution < -0.4 is 5.32 Å². The number of aryl methyl sites for hydroxylation is 1. The molecule has 0 bridgehead atoms. The number of amides is 2. The first-order valence-corrected chi connectivity index (χ1v) is 9.87. The van der Waals surface area contributed by atoms with Gasteiger partial charge >= 0.3 is 0 Å². The Morgan fingerprint density at radius 3 is 2.44 bits per heavy atom. The van der Waals surface area contributed by atoms with Gasteiger partial charge in [-0.05, 0) is 46.2 Å². The lowest BCUT2D eigenvalue weighted by Crippen LogP contribution is -2.43. The van der Waals surface area contributed by atoms with Crippen molar-refractivity contribution in [2.45, 2.75) is 72.5 Å². The van der Waals surface area contributed by atoms with E-state index in [0.29, 0.717) is 13.0 Å². The molecule has 0 atom stereocenters. The van der Waals surface area contributed by atoms with E-state index < -0.39 is 0 Å². The van der Waals surface area contributed by atoms with E-state index in [2.05, 4.69) is 5.32 Å². The Bertz CT molecular complexity index is 772. The topological polar surface area (TPSA) is 67.2 Å². The van der Waals surface area contributed by atoms with E-state index in [4.69, 9.17) is 4.98 Å². The van der Waals surface area contributed by atoms with Gasteiger partial charge in [0.15, 0.2) is 0 Å². The van der Waals surface area contributed by atoms with E-state index in [0.717, 1.165) is 29.7 Å². The molecule has 2 rings (SSSR count). The van der Waals surface area contributed by atoms with Crippen molar-refractivity contribution in [2.75, 3.05) is 6.54 Å². The molecule has 0 aliphatic rings.